The van der Waals surface area contributed by atoms with Crippen molar-refractivity contribution in [2.45, 2.75) is 6.61 Å². The Kier molecular flexibility index (Phi) is 6.65. The molecule has 0 unspecified atom stereocenters. The van der Waals surface area contributed by atoms with Crippen LogP contribution in [0.4, 0.5) is 11.4 Å². The summed E-state index contributed by atoms with van der Waals surface area (Å²) in [5, 5.41) is 23.0. The molecule has 2 rings (SSSR count). The number of nitriles is 1. The summed E-state index contributed by atoms with van der Waals surface area (Å²) in [4.78, 5) is 22.9. The Labute approximate surface area is 150 Å². The highest BCUT2D eigenvalue weighted by Crippen LogP contribution is 2.23. The maximum Gasteiger partial charge on any atom is 0.340 e. The van der Waals surface area contributed by atoms with Gasteiger partial charge in [-0.3, -0.25) is 10.1 Å². The van der Waals surface area contributed by atoms with Crippen LogP contribution < -0.4 is 5.32 Å². The zero-order chi connectivity index (χ0) is 18.9. The van der Waals surface area contributed by atoms with E-state index in [2.05, 4.69) is 5.32 Å². The fourth-order valence-electron chi connectivity index (χ4n) is 2.23. The van der Waals surface area contributed by atoms with Crippen molar-refractivity contribution in [1.82, 2.24) is 0 Å². The highest BCUT2D eigenvalue weighted by atomic mass is 16.6. The Morgan fingerprint density at radius 1 is 1.31 bits per heavy atom. The van der Waals surface area contributed by atoms with Gasteiger partial charge in [-0.2, -0.15) is 5.26 Å². The number of nitrogens with one attached hydrogen (secondary N) is 1. The quantitative estimate of drug-likeness (QED) is 0.335. The molecule has 1 N–H and O–H groups in total. The number of ether oxygens (including phenoxy) is 2. The topological polar surface area (TPSA) is 114 Å². The summed E-state index contributed by atoms with van der Waals surface area (Å²) in [6.45, 7) is 0.718. The maximum absolute atomic E-state index is 12.4. The Balaban J connectivity index is 2.20. The molecule has 0 heterocycles. The predicted molar refractivity (Wildman–Crippen MR) is 93.7 cm³/mol. The van der Waals surface area contributed by atoms with E-state index in [1.165, 1.54) is 12.1 Å². The van der Waals surface area contributed by atoms with E-state index in [4.69, 9.17) is 14.7 Å². The number of hydrogen-bond acceptors (Lipinski definition) is 7. The number of methoxy groups -OCH3 is 1. The highest BCUT2D eigenvalue weighted by molar-refractivity contribution is 5.96. The van der Waals surface area contributed by atoms with E-state index in [9.17, 15) is 14.9 Å². The fraction of sp³-hybridized carbons (Fsp3) is 0.222. The molecule has 0 bridgehead atoms. The molecule has 0 aliphatic heterocycles. The first-order valence-electron chi connectivity index (χ1n) is 7.73. The summed E-state index contributed by atoms with van der Waals surface area (Å²) in [5.41, 5.74) is 1.20. The highest BCUT2D eigenvalue weighted by Gasteiger charge is 2.18. The molecule has 0 fully saturated rings. The van der Waals surface area contributed by atoms with E-state index in [0.717, 1.165) is 6.07 Å². The average Bonchev–Trinajstić information content (AvgIpc) is 2.66. The maximum atomic E-state index is 12.4. The van der Waals surface area contributed by atoms with Crippen molar-refractivity contribution in [3.8, 4) is 6.07 Å². The number of carbonyl (C=O) groups excluding carboxylic acids is 1. The van der Waals surface area contributed by atoms with Gasteiger partial charge in [0.2, 0.25) is 0 Å². The molecule has 0 aromatic heterocycles. The number of non-ortho nitro benzene ring substituents is 1. The van der Waals surface area contributed by atoms with Crippen LogP contribution in [-0.4, -0.2) is 31.2 Å². The minimum Gasteiger partial charge on any atom is -0.457 e. The van der Waals surface area contributed by atoms with Crippen molar-refractivity contribution in [3.63, 3.8) is 0 Å². The van der Waals surface area contributed by atoms with Gasteiger partial charge >= 0.3 is 5.97 Å². The van der Waals surface area contributed by atoms with Crippen LogP contribution in [0.15, 0.2) is 42.5 Å². The van der Waals surface area contributed by atoms with Crippen LogP contribution in [0.3, 0.4) is 0 Å². The molecule has 134 valence electrons. The Bertz CT molecular complexity index is 845. The first kappa shape index (κ1) is 18.9. The molecular formula is C18H17N3O5. The fourth-order valence-corrected chi connectivity index (χ4v) is 2.23. The first-order chi connectivity index (χ1) is 12.6. The van der Waals surface area contributed by atoms with Crippen molar-refractivity contribution in [3.05, 3.63) is 69.3 Å². The largest absolute Gasteiger partial charge is 0.457 e. The minimum absolute atomic E-state index is 0.0461. The molecule has 0 amide bonds. The number of nitro groups is 1. The van der Waals surface area contributed by atoms with Crippen LogP contribution in [0.25, 0.3) is 0 Å². The van der Waals surface area contributed by atoms with E-state index in [0.29, 0.717) is 30.0 Å². The molecule has 0 radical (unpaired) electrons. The van der Waals surface area contributed by atoms with Crippen molar-refractivity contribution in [1.29, 1.82) is 5.26 Å². The zero-order valence-electron chi connectivity index (χ0n) is 14.1. The van der Waals surface area contributed by atoms with Crippen molar-refractivity contribution < 1.29 is 19.2 Å². The lowest BCUT2D eigenvalue weighted by atomic mass is 10.1. The number of nitro benzene ring substituents is 1. The van der Waals surface area contributed by atoms with Crippen LogP contribution in [0.5, 0.6) is 0 Å². The van der Waals surface area contributed by atoms with Gasteiger partial charge < -0.3 is 14.8 Å². The molecule has 0 saturated heterocycles. The van der Waals surface area contributed by atoms with E-state index in [1.807, 2.05) is 6.07 Å². The van der Waals surface area contributed by atoms with Gasteiger partial charge in [0.25, 0.3) is 5.69 Å². The predicted octanol–water partition coefficient (Wildman–Crippen LogP) is 2.88. The van der Waals surface area contributed by atoms with Crippen LogP contribution >= 0.6 is 0 Å². The summed E-state index contributed by atoms with van der Waals surface area (Å²) < 4.78 is 10.2. The van der Waals surface area contributed by atoms with Crippen LogP contribution in [0, 0.1) is 21.4 Å². The van der Waals surface area contributed by atoms with Gasteiger partial charge in [-0.15, -0.1) is 0 Å². The molecule has 8 heteroatoms. The number of anilines is 1. The third-order valence-corrected chi connectivity index (χ3v) is 3.55. The van der Waals surface area contributed by atoms with E-state index in [1.54, 1.807) is 31.4 Å². The Morgan fingerprint density at radius 2 is 2.08 bits per heavy atom. The normalized spacial score (nSPS) is 10.0. The third kappa shape index (κ3) is 4.78. The van der Waals surface area contributed by atoms with Gasteiger partial charge in [0.1, 0.15) is 6.61 Å². The lowest BCUT2D eigenvalue weighted by molar-refractivity contribution is -0.384. The van der Waals surface area contributed by atoms with Crippen LogP contribution in [-0.2, 0) is 16.1 Å². The van der Waals surface area contributed by atoms with Crippen molar-refractivity contribution in [2.75, 3.05) is 25.6 Å². The standard InChI is InChI=1S/C18H17N3O5/c1-25-9-8-20-17-7-6-15(21(23)24)10-16(17)18(22)26-12-14-5-3-2-4-13(14)11-19/h2-7,10,20H,8-9,12H2,1H3. The van der Waals surface area contributed by atoms with E-state index in [-0.39, 0.29) is 17.9 Å². The van der Waals surface area contributed by atoms with Gasteiger partial charge in [0.05, 0.1) is 28.7 Å². The van der Waals surface area contributed by atoms with Gasteiger partial charge in [0, 0.05) is 37.0 Å². The molecule has 8 nitrogen and oxygen atoms in total. The van der Waals surface area contributed by atoms with E-state index < -0.39 is 10.9 Å². The SMILES string of the molecule is COCCNc1ccc([N+](=O)[O-])cc1C(=O)OCc1ccccc1C#N. The Hall–Kier alpha value is -3.44. The van der Waals surface area contributed by atoms with Crippen LogP contribution in [0.1, 0.15) is 21.5 Å². The Morgan fingerprint density at radius 3 is 2.77 bits per heavy atom. The summed E-state index contributed by atoms with van der Waals surface area (Å²) in [5.74, 6) is -0.721. The van der Waals surface area contributed by atoms with E-state index >= 15 is 0 Å². The lowest BCUT2D eigenvalue weighted by Gasteiger charge is -2.12. The number of rotatable bonds is 8. The zero-order valence-corrected chi connectivity index (χ0v) is 14.1. The molecule has 2 aromatic rings. The average molecular weight is 355 g/mol. The number of nitrogens with zero attached hydrogens (tertiary/aromatic N) is 2. The summed E-state index contributed by atoms with van der Waals surface area (Å²) in [6.07, 6.45) is 0. The monoisotopic (exact) mass is 355 g/mol. The summed E-state index contributed by atoms with van der Waals surface area (Å²) in [6, 6.07) is 12.7. The number of hydrogen-bond donors (Lipinski definition) is 1. The molecule has 0 saturated carbocycles. The smallest absolute Gasteiger partial charge is 0.340 e. The lowest BCUT2D eigenvalue weighted by Crippen LogP contribution is -2.13. The second-order valence-corrected chi connectivity index (χ2v) is 5.25. The molecule has 0 atom stereocenters. The molecular weight excluding hydrogens is 338 g/mol. The molecule has 0 spiro atoms. The second-order valence-electron chi connectivity index (χ2n) is 5.25. The number of carbonyl (C=O) groups is 1. The second kappa shape index (κ2) is 9.15. The first-order valence-corrected chi connectivity index (χ1v) is 7.73. The number of benzene rings is 2. The van der Waals surface area contributed by atoms with Gasteiger partial charge in [-0.25, -0.2) is 4.79 Å². The van der Waals surface area contributed by atoms with Crippen LogP contribution in [0.2, 0.25) is 0 Å². The summed E-state index contributed by atoms with van der Waals surface area (Å²) in [7, 11) is 1.54. The van der Waals surface area contributed by atoms with Crippen molar-refractivity contribution >= 4 is 17.3 Å². The van der Waals surface area contributed by atoms with Gasteiger partial charge in [-0.1, -0.05) is 18.2 Å². The van der Waals surface area contributed by atoms with Crippen molar-refractivity contribution in [2.24, 2.45) is 0 Å². The minimum atomic E-state index is -0.721. The molecule has 0 aliphatic rings. The third-order valence-electron chi connectivity index (χ3n) is 3.55. The van der Waals surface area contributed by atoms with Gasteiger partial charge in [-0.05, 0) is 12.1 Å². The van der Waals surface area contributed by atoms with Gasteiger partial charge in [0.15, 0.2) is 0 Å². The molecule has 0 aliphatic carbocycles. The number of esters is 1. The molecule has 26 heavy (non-hydrogen) atoms. The summed E-state index contributed by atoms with van der Waals surface area (Å²) >= 11 is 0. The molecule has 2 aromatic carbocycles.